The third-order valence-electron chi connectivity index (χ3n) is 4.71. The van der Waals surface area contributed by atoms with E-state index in [1.807, 2.05) is 30.9 Å². The Labute approximate surface area is 145 Å². The Morgan fingerprint density at radius 3 is 3.04 bits per heavy atom. The number of hydrogen-bond acceptors (Lipinski definition) is 6. The fraction of sp³-hybridized carbons (Fsp3) is 0.389. The van der Waals surface area contributed by atoms with Gasteiger partial charge in [0.1, 0.15) is 6.33 Å². The topological polar surface area (TPSA) is 85.0 Å². The lowest BCUT2D eigenvalue weighted by Gasteiger charge is -2.32. The van der Waals surface area contributed by atoms with Crippen LogP contribution in [0.3, 0.4) is 0 Å². The van der Waals surface area contributed by atoms with Crippen LogP contribution in [-0.2, 0) is 0 Å². The molecule has 0 N–H and O–H groups in total. The normalized spacial score (nSPS) is 17.8. The monoisotopic (exact) mass is 337 g/mol. The summed E-state index contributed by atoms with van der Waals surface area (Å²) >= 11 is 0. The fourth-order valence-corrected chi connectivity index (χ4v) is 3.50. The molecule has 3 aromatic rings. The van der Waals surface area contributed by atoms with Gasteiger partial charge in [-0.1, -0.05) is 5.16 Å². The first-order chi connectivity index (χ1) is 12.1. The molecule has 1 amide bonds. The number of aromatic nitrogens is 4. The summed E-state index contributed by atoms with van der Waals surface area (Å²) in [5.74, 6) is 0.239. The Balaban J connectivity index is 1.66. The van der Waals surface area contributed by atoms with Crippen LogP contribution in [0.25, 0.3) is 11.1 Å². The highest BCUT2D eigenvalue weighted by Crippen LogP contribution is 2.28. The van der Waals surface area contributed by atoms with Gasteiger partial charge in [-0.25, -0.2) is 15.0 Å². The van der Waals surface area contributed by atoms with E-state index in [-0.39, 0.29) is 11.8 Å². The molecule has 4 heterocycles. The van der Waals surface area contributed by atoms with Crippen LogP contribution in [0, 0.1) is 13.8 Å². The Morgan fingerprint density at radius 1 is 1.36 bits per heavy atom. The third kappa shape index (κ3) is 2.86. The summed E-state index contributed by atoms with van der Waals surface area (Å²) in [5, 5.41) is 4.67. The van der Waals surface area contributed by atoms with E-state index < -0.39 is 0 Å². The van der Waals surface area contributed by atoms with Gasteiger partial charge in [0, 0.05) is 36.6 Å². The lowest BCUT2D eigenvalue weighted by Crippen LogP contribution is -2.39. The van der Waals surface area contributed by atoms with E-state index in [1.54, 1.807) is 12.5 Å². The standard InChI is InChI=1S/C18H19N5O2/c1-11-8-14(16-12(2)22-25-17(16)21-11)18(24)23-7-3-4-13(9-23)15-5-6-19-10-20-15/h5-6,8,10,13H,3-4,7,9H2,1-2H3/t13-/m1/s1. The fourth-order valence-electron chi connectivity index (χ4n) is 3.50. The average molecular weight is 337 g/mol. The molecule has 0 aromatic carbocycles. The minimum Gasteiger partial charge on any atom is -0.338 e. The molecule has 7 heteroatoms. The first-order valence-corrected chi connectivity index (χ1v) is 8.42. The molecular weight excluding hydrogens is 318 g/mol. The van der Waals surface area contributed by atoms with Crippen LogP contribution in [0.5, 0.6) is 0 Å². The molecular formula is C18H19N5O2. The van der Waals surface area contributed by atoms with Crippen molar-refractivity contribution in [2.45, 2.75) is 32.6 Å². The van der Waals surface area contributed by atoms with Crippen molar-refractivity contribution < 1.29 is 9.32 Å². The van der Waals surface area contributed by atoms with Crippen LogP contribution in [0.1, 0.15) is 46.2 Å². The number of aryl methyl sites for hydroxylation is 2. The highest BCUT2D eigenvalue weighted by atomic mass is 16.5. The molecule has 0 bridgehead atoms. The Hall–Kier alpha value is -2.83. The van der Waals surface area contributed by atoms with Crippen LogP contribution in [0.15, 0.2) is 29.2 Å². The van der Waals surface area contributed by atoms with Crippen molar-refractivity contribution in [3.8, 4) is 0 Å². The summed E-state index contributed by atoms with van der Waals surface area (Å²) in [6, 6.07) is 3.75. The van der Waals surface area contributed by atoms with Gasteiger partial charge >= 0.3 is 0 Å². The predicted octanol–water partition coefficient (Wildman–Crippen LogP) is 2.65. The van der Waals surface area contributed by atoms with Crippen molar-refractivity contribution in [2.24, 2.45) is 0 Å². The van der Waals surface area contributed by atoms with E-state index in [4.69, 9.17) is 4.52 Å². The Bertz CT molecular complexity index is 922. The van der Waals surface area contributed by atoms with Gasteiger partial charge in [-0.15, -0.1) is 0 Å². The highest BCUT2D eigenvalue weighted by Gasteiger charge is 2.28. The van der Waals surface area contributed by atoms with E-state index in [9.17, 15) is 4.79 Å². The zero-order valence-electron chi connectivity index (χ0n) is 14.3. The Kier molecular flexibility index (Phi) is 3.91. The van der Waals surface area contributed by atoms with Crippen molar-refractivity contribution >= 4 is 17.0 Å². The molecule has 25 heavy (non-hydrogen) atoms. The van der Waals surface area contributed by atoms with Crippen LogP contribution < -0.4 is 0 Å². The van der Waals surface area contributed by atoms with Gasteiger partial charge < -0.3 is 9.42 Å². The number of piperidine rings is 1. The molecule has 0 unspecified atom stereocenters. The maximum absolute atomic E-state index is 13.2. The summed E-state index contributed by atoms with van der Waals surface area (Å²) in [6.07, 6.45) is 5.29. The van der Waals surface area contributed by atoms with Crippen LogP contribution in [-0.4, -0.2) is 44.0 Å². The molecule has 3 aromatic heterocycles. The van der Waals surface area contributed by atoms with Crippen molar-refractivity contribution in [2.75, 3.05) is 13.1 Å². The minimum atomic E-state index is 0.000515. The lowest BCUT2D eigenvalue weighted by atomic mass is 9.94. The molecule has 0 radical (unpaired) electrons. The highest BCUT2D eigenvalue weighted by molar-refractivity contribution is 6.06. The van der Waals surface area contributed by atoms with E-state index in [0.29, 0.717) is 28.9 Å². The number of likely N-dealkylation sites (tertiary alicyclic amines) is 1. The summed E-state index contributed by atoms with van der Waals surface area (Å²) < 4.78 is 5.25. The number of pyridine rings is 1. The molecule has 1 fully saturated rings. The molecule has 7 nitrogen and oxygen atoms in total. The first kappa shape index (κ1) is 15.7. The van der Waals surface area contributed by atoms with Crippen LogP contribution in [0.2, 0.25) is 0 Å². The third-order valence-corrected chi connectivity index (χ3v) is 4.71. The number of carbonyl (C=O) groups is 1. The molecule has 1 atom stereocenters. The first-order valence-electron chi connectivity index (χ1n) is 8.42. The summed E-state index contributed by atoms with van der Waals surface area (Å²) in [6.45, 7) is 5.09. The van der Waals surface area contributed by atoms with E-state index in [2.05, 4.69) is 20.1 Å². The molecule has 0 saturated carbocycles. The van der Waals surface area contributed by atoms with E-state index in [1.165, 1.54) is 0 Å². The maximum atomic E-state index is 13.2. The quantitative estimate of drug-likeness (QED) is 0.715. The minimum absolute atomic E-state index is 0.000515. The van der Waals surface area contributed by atoms with Gasteiger partial charge in [-0.05, 0) is 38.8 Å². The lowest BCUT2D eigenvalue weighted by molar-refractivity contribution is 0.0707. The van der Waals surface area contributed by atoms with Gasteiger partial charge in [0.2, 0.25) is 0 Å². The SMILES string of the molecule is Cc1cc(C(=O)N2CCC[C@@H](c3ccncn3)C2)c2c(C)noc2n1. The van der Waals surface area contributed by atoms with Crippen molar-refractivity contribution in [1.29, 1.82) is 0 Å². The van der Waals surface area contributed by atoms with Crippen molar-refractivity contribution in [3.05, 3.63) is 47.3 Å². The second-order valence-electron chi connectivity index (χ2n) is 6.48. The number of amides is 1. The molecule has 1 aliphatic heterocycles. The zero-order chi connectivity index (χ0) is 17.4. The molecule has 1 saturated heterocycles. The number of carbonyl (C=O) groups excluding carboxylic acids is 1. The summed E-state index contributed by atoms with van der Waals surface area (Å²) in [5.41, 5.74) is 3.46. The average Bonchev–Trinajstić information content (AvgIpc) is 3.02. The number of nitrogens with zero attached hydrogens (tertiary/aromatic N) is 5. The number of rotatable bonds is 2. The van der Waals surface area contributed by atoms with Gasteiger partial charge in [0.05, 0.1) is 16.6 Å². The molecule has 128 valence electrons. The maximum Gasteiger partial charge on any atom is 0.258 e. The molecule has 4 rings (SSSR count). The molecule has 0 spiro atoms. The van der Waals surface area contributed by atoms with Gasteiger partial charge in [0.15, 0.2) is 0 Å². The van der Waals surface area contributed by atoms with E-state index >= 15 is 0 Å². The van der Waals surface area contributed by atoms with Gasteiger partial charge in [-0.3, -0.25) is 4.79 Å². The van der Waals surface area contributed by atoms with Crippen molar-refractivity contribution in [1.82, 2.24) is 25.0 Å². The van der Waals surface area contributed by atoms with Crippen molar-refractivity contribution in [3.63, 3.8) is 0 Å². The molecule has 0 aliphatic carbocycles. The van der Waals surface area contributed by atoms with E-state index in [0.717, 1.165) is 30.8 Å². The largest absolute Gasteiger partial charge is 0.338 e. The van der Waals surface area contributed by atoms with Gasteiger partial charge in [-0.2, -0.15) is 0 Å². The second kappa shape index (κ2) is 6.23. The van der Waals surface area contributed by atoms with Crippen LogP contribution in [0.4, 0.5) is 0 Å². The van der Waals surface area contributed by atoms with Gasteiger partial charge in [0.25, 0.3) is 11.6 Å². The number of hydrogen-bond donors (Lipinski definition) is 0. The Morgan fingerprint density at radius 2 is 2.24 bits per heavy atom. The smallest absolute Gasteiger partial charge is 0.258 e. The predicted molar refractivity (Wildman–Crippen MR) is 91.2 cm³/mol. The zero-order valence-corrected chi connectivity index (χ0v) is 14.3. The number of fused-ring (bicyclic) bond motifs is 1. The molecule has 1 aliphatic rings. The summed E-state index contributed by atoms with van der Waals surface area (Å²) in [7, 11) is 0. The van der Waals surface area contributed by atoms with Crippen LogP contribution >= 0.6 is 0 Å². The second-order valence-corrected chi connectivity index (χ2v) is 6.48. The summed E-state index contributed by atoms with van der Waals surface area (Å²) in [4.78, 5) is 27.7.